The van der Waals surface area contributed by atoms with E-state index in [4.69, 9.17) is 9.47 Å². The van der Waals surface area contributed by atoms with Gasteiger partial charge in [0.1, 0.15) is 17.1 Å². The number of halogens is 1. The SMILES string of the molecule is COCCn1c(=NC(=O)c2cccc(F)c2)sc2cccc(OC)c21. The maximum atomic E-state index is 13.3. The van der Waals surface area contributed by atoms with Crippen molar-refractivity contribution in [3.8, 4) is 5.75 Å². The third-order valence-electron chi connectivity index (χ3n) is 3.67. The summed E-state index contributed by atoms with van der Waals surface area (Å²) in [5.74, 6) is -0.257. The molecule has 0 unspecified atom stereocenters. The maximum Gasteiger partial charge on any atom is 0.279 e. The Balaban J connectivity index is 2.15. The molecule has 0 bridgehead atoms. The van der Waals surface area contributed by atoms with Crippen molar-refractivity contribution in [3.05, 3.63) is 58.6 Å². The van der Waals surface area contributed by atoms with Gasteiger partial charge in [0.05, 0.1) is 18.4 Å². The van der Waals surface area contributed by atoms with E-state index in [1.54, 1.807) is 20.3 Å². The summed E-state index contributed by atoms with van der Waals surface area (Å²) in [6, 6.07) is 11.2. The van der Waals surface area contributed by atoms with E-state index in [0.29, 0.717) is 23.7 Å². The van der Waals surface area contributed by atoms with E-state index in [1.807, 2.05) is 22.8 Å². The lowest BCUT2D eigenvalue weighted by Gasteiger charge is -2.07. The Morgan fingerprint density at radius 1 is 1.24 bits per heavy atom. The lowest BCUT2D eigenvalue weighted by Crippen LogP contribution is -2.19. The molecule has 0 saturated carbocycles. The van der Waals surface area contributed by atoms with Gasteiger partial charge in [-0.25, -0.2) is 4.39 Å². The van der Waals surface area contributed by atoms with Crippen LogP contribution in [0, 0.1) is 5.82 Å². The van der Waals surface area contributed by atoms with Crippen LogP contribution in [0.3, 0.4) is 0 Å². The summed E-state index contributed by atoms with van der Waals surface area (Å²) < 4.78 is 26.8. The number of nitrogens with zero attached hydrogens (tertiary/aromatic N) is 2. The number of hydrogen-bond donors (Lipinski definition) is 0. The van der Waals surface area contributed by atoms with Gasteiger partial charge >= 0.3 is 0 Å². The van der Waals surface area contributed by atoms with Gasteiger partial charge in [0.2, 0.25) is 0 Å². The maximum absolute atomic E-state index is 13.3. The zero-order chi connectivity index (χ0) is 17.8. The molecule has 1 aromatic heterocycles. The van der Waals surface area contributed by atoms with Gasteiger partial charge in [0.25, 0.3) is 5.91 Å². The quantitative estimate of drug-likeness (QED) is 0.702. The van der Waals surface area contributed by atoms with E-state index in [-0.39, 0.29) is 5.56 Å². The number of hydrogen-bond acceptors (Lipinski definition) is 4. The van der Waals surface area contributed by atoms with Crippen molar-refractivity contribution in [2.75, 3.05) is 20.8 Å². The van der Waals surface area contributed by atoms with Gasteiger partial charge < -0.3 is 14.0 Å². The summed E-state index contributed by atoms with van der Waals surface area (Å²) in [6.07, 6.45) is 0. The first-order chi connectivity index (χ1) is 12.1. The van der Waals surface area contributed by atoms with Gasteiger partial charge in [-0.05, 0) is 30.3 Å². The summed E-state index contributed by atoms with van der Waals surface area (Å²) >= 11 is 1.38. The number of aromatic nitrogens is 1. The molecule has 0 spiro atoms. The van der Waals surface area contributed by atoms with Gasteiger partial charge in [-0.2, -0.15) is 4.99 Å². The van der Waals surface area contributed by atoms with E-state index >= 15 is 0 Å². The predicted octanol–water partition coefficient (Wildman–Crippen LogP) is 3.24. The van der Waals surface area contributed by atoms with Crippen LogP contribution in [0.5, 0.6) is 5.75 Å². The van der Waals surface area contributed by atoms with Crippen molar-refractivity contribution < 1.29 is 18.7 Å². The smallest absolute Gasteiger partial charge is 0.279 e. The molecular weight excluding hydrogens is 343 g/mol. The van der Waals surface area contributed by atoms with Crippen molar-refractivity contribution in [2.45, 2.75) is 6.54 Å². The zero-order valence-corrected chi connectivity index (χ0v) is 14.7. The van der Waals surface area contributed by atoms with Crippen LogP contribution < -0.4 is 9.54 Å². The average Bonchev–Trinajstić information content (AvgIpc) is 2.97. The summed E-state index contributed by atoms with van der Waals surface area (Å²) in [5, 5.41) is 0. The standard InChI is InChI=1S/C18H17FN2O3S/c1-23-10-9-21-16-14(24-2)7-4-8-15(16)25-18(21)20-17(22)12-5-3-6-13(19)11-12/h3-8,11H,9-10H2,1-2H3. The molecule has 130 valence electrons. The second-order valence-corrected chi connectivity index (χ2v) is 6.27. The van der Waals surface area contributed by atoms with Crippen LogP contribution in [0.1, 0.15) is 10.4 Å². The molecule has 0 aliphatic carbocycles. The number of thiazole rings is 1. The first-order valence-electron chi connectivity index (χ1n) is 7.64. The Bertz CT molecular complexity index is 978. The number of methoxy groups -OCH3 is 2. The average molecular weight is 360 g/mol. The lowest BCUT2D eigenvalue weighted by atomic mass is 10.2. The highest BCUT2D eigenvalue weighted by Gasteiger charge is 2.13. The fourth-order valence-corrected chi connectivity index (χ4v) is 3.58. The second kappa shape index (κ2) is 7.58. The van der Waals surface area contributed by atoms with Gasteiger partial charge in [-0.15, -0.1) is 0 Å². The summed E-state index contributed by atoms with van der Waals surface area (Å²) in [7, 11) is 3.21. The summed E-state index contributed by atoms with van der Waals surface area (Å²) in [6.45, 7) is 0.983. The number of rotatable bonds is 5. The fraction of sp³-hybridized carbons (Fsp3) is 0.222. The summed E-state index contributed by atoms with van der Waals surface area (Å²) in [5.41, 5.74) is 1.07. The number of ether oxygens (including phenoxy) is 2. The van der Waals surface area contributed by atoms with Crippen LogP contribution >= 0.6 is 11.3 Å². The molecule has 7 heteroatoms. The molecular formula is C18H17FN2O3S. The van der Waals surface area contributed by atoms with Crippen LogP contribution in [0.2, 0.25) is 0 Å². The Hall–Kier alpha value is -2.51. The molecule has 1 amide bonds. The van der Waals surface area contributed by atoms with E-state index in [0.717, 1.165) is 10.2 Å². The van der Waals surface area contributed by atoms with Crippen molar-refractivity contribution >= 4 is 27.5 Å². The molecule has 0 radical (unpaired) electrons. The molecule has 2 aromatic carbocycles. The molecule has 3 rings (SSSR count). The normalized spacial score (nSPS) is 11.9. The first-order valence-corrected chi connectivity index (χ1v) is 8.45. The molecule has 0 aliphatic heterocycles. The molecule has 5 nitrogen and oxygen atoms in total. The monoisotopic (exact) mass is 360 g/mol. The van der Waals surface area contributed by atoms with Gasteiger partial charge in [0.15, 0.2) is 4.80 Å². The highest BCUT2D eigenvalue weighted by molar-refractivity contribution is 7.16. The molecule has 0 aliphatic rings. The number of para-hydroxylation sites is 1. The zero-order valence-electron chi connectivity index (χ0n) is 13.9. The Morgan fingerprint density at radius 2 is 2.04 bits per heavy atom. The molecule has 0 saturated heterocycles. The topological polar surface area (TPSA) is 52.8 Å². The first kappa shape index (κ1) is 17.3. The van der Waals surface area contributed by atoms with E-state index in [9.17, 15) is 9.18 Å². The van der Waals surface area contributed by atoms with Gasteiger partial charge in [-0.3, -0.25) is 4.79 Å². The third-order valence-corrected chi connectivity index (χ3v) is 4.72. The molecule has 3 aromatic rings. The molecule has 0 fully saturated rings. The van der Waals surface area contributed by atoms with Crippen LogP contribution in [-0.4, -0.2) is 31.3 Å². The molecule has 0 N–H and O–H groups in total. The lowest BCUT2D eigenvalue weighted by molar-refractivity contribution is 0.0997. The van der Waals surface area contributed by atoms with Crippen molar-refractivity contribution in [3.63, 3.8) is 0 Å². The van der Waals surface area contributed by atoms with Crippen LogP contribution in [0.25, 0.3) is 10.2 Å². The number of carbonyl (C=O) groups excluding carboxylic acids is 1. The van der Waals surface area contributed by atoms with E-state index < -0.39 is 11.7 Å². The molecule has 0 atom stereocenters. The Kier molecular flexibility index (Phi) is 5.25. The molecule has 1 heterocycles. The van der Waals surface area contributed by atoms with E-state index in [1.165, 1.54) is 29.5 Å². The van der Waals surface area contributed by atoms with Gasteiger partial charge in [0, 0.05) is 19.2 Å². The number of benzene rings is 2. The van der Waals surface area contributed by atoms with Crippen LogP contribution in [0.4, 0.5) is 4.39 Å². The largest absolute Gasteiger partial charge is 0.495 e. The number of amides is 1. The minimum atomic E-state index is -0.490. The Labute approximate surface area is 148 Å². The van der Waals surface area contributed by atoms with Crippen molar-refractivity contribution in [1.29, 1.82) is 0 Å². The third kappa shape index (κ3) is 3.62. The predicted molar refractivity (Wildman–Crippen MR) is 94.5 cm³/mol. The minimum Gasteiger partial charge on any atom is -0.495 e. The van der Waals surface area contributed by atoms with Crippen molar-refractivity contribution in [2.24, 2.45) is 4.99 Å². The van der Waals surface area contributed by atoms with Crippen LogP contribution in [-0.2, 0) is 11.3 Å². The second-order valence-electron chi connectivity index (χ2n) is 5.26. The van der Waals surface area contributed by atoms with Crippen LogP contribution in [0.15, 0.2) is 47.5 Å². The minimum absolute atomic E-state index is 0.211. The fourth-order valence-electron chi connectivity index (χ4n) is 2.51. The molecule has 25 heavy (non-hydrogen) atoms. The highest BCUT2D eigenvalue weighted by atomic mass is 32.1. The Morgan fingerprint density at radius 3 is 2.76 bits per heavy atom. The highest BCUT2D eigenvalue weighted by Crippen LogP contribution is 2.27. The van der Waals surface area contributed by atoms with E-state index in [2.05, 4.69) is 4.99 Å². The summed E-state index contributed by atoms with van der Waals surface area (Å²) in [4.78, 5) is 17.1. The van der Waals surface area contributed by atoms with Crippen molar-refractivity contribution in [1.82, 2.24) is 4.57 Å². The van der Waals surface area contributed by atoms with Gasteiger partial charge in [-0.1, -0.05) is 23.5 Å². The number of fused-ring (bicyclic) bond motifs is 1. The number of carbonyl (C=O) groups is 1.